The standard InChI is InChI=1S/C24H25N3O4.2C24H27N3O3.C23H25N3O3/c1-29-21-5-3-17(11-22(21)30-2)20-12-24(28)27-13-18(4-6-23(27)25-20)16-7-9-26(10-8-16)19-14-31-15-19;1-16(2)26-11-9-17(10-12-26)19-6-8-23-25-20(14-24(28)27(23)15-19)18-5-7-21(29-3)22(13-18)30-4;1-4-11-26-12-9-17(10-13-26)19-6-8-23-25-20(15-24(28)27(23)16-19)18-5-7-21(29-2)22(14-18)30-3;1-24-18-8-4-15(5-9-18)17-7-11-22-25-19(13-23(27)26(22)14-17)16-6-10-20(28-2)21(12-16)29-3/h3-7,11-13,19H,8-10,14-15H2,1-2H3;5-9,13-16H,10-12H2,1-4H3;5-9,14-16H,4,10-13H2,1-3H3;4,6-7,10-14,18,24H,5,8-9H2,1-3H3. The minimum atomic E-state index is -0.110. The van der Waals surface area contributed by atoms with Crippen LogP contribution in [0.5, 0.6) is 46.0 Å². The van der Waals surface area contributed by atoms with Gasteiger partial charge in [-0.25, -0.2) is 19.9 Å². The van der Waals surface area contributed by atoms with Gasteiger partial charge < -0.3 is 47.9 Å². The number of fused-ring (bicyclic) bond motifs is 4. The molecule has 0 radical (unpaired) electrons. The molecule has 1 N–H and O–H groups in total. The molecule has 1 aliphatic carbocycles. The summed E-state index contributed by atoms with van der Waals surface area (Å²) >= 11 is 0. The molecule has 4 aromatic carbocycles. The van der Waals surface area contributed by atoms with E-state index in [1.165, 1.54) is 28.7 Å². The molecule has 0 bridgehead atoms. The first-order valence-corrected chi connectivity index (χ1v) is 40.7. The first-order chi connectivity index (χ1) is 58.4. The Kier molecular flexibility index (Phi) is 26.9. The van der Waals surface area contributed by atoms with Crippen molar-refractivity contribution in [2.75, 3.05) is 123 Å². The van der Waals surface area contributed by atoms with Crippen molar-refractivity contribution in [3.8, 4) is 91.0 Å². The summed E-state index contributed by atoms with van der Waals surface area (Å²) in [4.78, 5) is 77.6. The van der Waals surface area contributed by atoms with Crippen LogP contribution in [-0.4, -0.2) is 193 Å². The average Bonchev–Trinajstić information content (AvgIpc) is 1.70. The molecule has 8 aromatic heterocycles. The Morgan fingerprint density at radius 3 is 0.992 bits per heavy atom. The van der Waals surface area contributed by atoms with Gasteiger partial charge in [0.1, 0.15) is 22.6 Å². The van der Waals surface area contributed by atoms with E-state index in [-0.39, 0.29) is 22.2 Å². The molecule has 0 amide bonds. The number of rotatable bonds is 21. The number of hydrogen-bond acceptors (Lipinski definition) is 21. The zero-order valence-corrected chi connectivity index (χ0v) is 70.2. The van der Waals surface area contributed by atoms with Crippen LogP contribution < -0.4 is 65.4 Å². The van der Waals surface area contributed by atoms with Crippen LogP contribution in [0.3, 0.4) is 0 Å². The van der Waals surface area contributed by atoms with Gasteiger partial charge in [0.05, 0.1) is 98.9 Å². The highest BCUT2D eigenvalue weighted by Gasteiger charge is 2.28. The lowest BCUT2D eigenvalue weighted by Crippen LogP contribution is -2.50. The van der Waals surface area contributed by atoms with Gasteiger partial charge in [0.25, 0.3) is 22.2 Å². The molecule has 17 rings (SSSR count). The van der Waals surface area contributed by atoms with Crippen LogP contribution in [0, 0.1) is 0 Å². The largest absolute Gasteiger partial charge is 0.493 e. The molecule has 25 nitrogen and oxygen atoms in total. The molecule has 1 unspecified atom stereocenters. The number of nitrogens with one attached hydrogen (secondary N) is 1. The highest BCUT2D eigenvalue weighted by Crippen LogP contribution is 2.38. The smallest absolute Gasteiger partial charge is 0.258 e. The average molecular weight is 1620 g/mol. The summed E-state index contributed by atoms with van der Waals surface area (Å²) in [6, 6.07) is 45.8. The predicted octanol–water partition coefficient (Wildman–Crippen LogP) is 14.2. The normalized spacial score (nSPS) is 15.8. The van der Waals surface area contributed by atoms with E-state index in [9.17, 15) is 19.2 Å². The first-order valence-electron chi connectivity index (χ1n) is 40.7. The highest BCUT2D eigenvalue weighted by atomic mass is 16.5. The van der Waals surface area contributed by atoms with Crippen molar-refractivity contribution in [2.45, 2.75) is 83.8 Å². The van der Waals surface area contributed by atoms with E-state index in [4.69, 9.17) is 57.6 Å². The third kappa shape index (κ3) is 19.0. The molecule has 1 atom stereocenters. The summed E-state index contributed by atoms with van der Waals surface area (Å²) < 4.78 is 54.4. The second-order valence-corrected chi connectivity index (χ2v) is 30.3. The monoisotopic (exact) mass is 1620 g/mol. The Morgan fingerprint density at radius 2 is 0.725 bits per heavy atom. The zero-order valence-electron chi connectivity index (χ0n) is 70.2. The molecular formula is C95H104N12O13. The Labute approximate surface area is 697 Å². The topological polar surface area (TPSA) is 242 Å². The molecule has 12 heterocycles. The molecular weight excluding hydrogens is 1520 g/mol. The minimum absolute atomic E-state index is 0.101. The lowest BCUT2D eigenvalue weighted by molar-refractivity contribution is -0.0612. The lowest BCUT2D eigenvalue weighted by atomic mass is 9.91. The quantitative estimate of drug-likeness (QED) is 0.0703. The summed E-state index contributed by atoms with van der Waals surface area (Å²) in [5, 5.41) is 3.33. The molecule has 5 aliphatic rings. The number of aromatic nitrogens is 8. The van der Waals surface area contributed by atoms with Crippen molar-refractivity contribution in [3.05, 3.63) is 258 Å². The van der Waals surface area contributed by atoms with Crippen LogP contribution in [0.2, 0.25) is 0 Å². The van der Waals surface area contributed by atoms with E-state index in [0.717, 1.165) is 142 Å². The second-order valence-electron chi connectivity index (χ2n) is 30.3. The number of benzene rings is 4. The third-order valence-corrected chi connectivity index (χ3v) is 22.8. The van der Waals surface area contributed by atoms with Crippen LogP contribution >= 0.6 is 0 Å². The second kappa shape index (κ2) is 38.5. The molecule has 0 spiro atoms. The number of allylic oxidation sites excluding steroid dienone is 1. The van der Waals surface area contributed by atoms with Crippen molar-refractivity contribution in [3.63, 3.8) is 0 Å². The predicted molar refractivity (Wildman–Crippen MR) is 472 cm³/mol. The van der Waals surface area contributed by atoms with E-state index in [0.29, 0.717) is 109 Å². The number of methoxy groups -OCH3 is 8. The van der Waals surface area contributed by atoms with Crippen molar-refractivity contribution < 1.29 is 42.6 Å². The maximum atomic E-state index is 12.9. The van der Waals surface area contributed by atoms with E-state index in [1.54, 1.807) is 98.7 Å². The molecule has 4 aliphatic heterocycles. The number of pyridine rings is 4. The van der Waals surface area contributed by atoms with Gasteiger partial charge in [-0.05, 0) is 238 Å². The summed E-state index contributed by atoms with van der Waals surface area (Å²) in [6.45, 7) is 15.4. The molecule has 1 fully saturated rings. The molecule has 1 saturated heterocycles. The molecule has 622 valence electrons. The van der Waals surface area contributed by atoms with Crippen LogP contribution in [0.4, 0.5) is 0 Å². The number of hydrogen-bond donors (Lipinski definition) is 1. The van der Waals surface area contributed by atoms with Crippen molar-refractivity contribution >= 4 is 44.9 Å². The lowest BCUT2D eigenvalue weighted by Gasteiger charge is -2.38. The Bertz CT molecular complexity index is 6140. The van der Waals surface area contributed by atoms with Crippen LogP contribution in [0.25, 0.3) is 89.9 Å². The number of ether oxygens (including phenoxy) is 9. The van der Waals surface area contributed by atoms with Gasteiger partial charge in [0.2, 0.25) is 0 Å². The fraction of sp³-hybridized carbons (Fsp3) is 0.326. The Morgan fingerprint density at radius 1 is 0.392 bits per heavy atom. The van der Waals surface area contributed by atoms with Gasteiger partial charge in [-0.15, -0.1) is 0 Å². The van der Waals surface area contributed by atoms with E-state index >= 15 is 0 Å². The summed E-state index contributed by atoms with van der Waals surface area (Å²) in [6.07, 6.45) is 23.9. The van der Waals surface area contributed by atoms with E-state index in [1.807, 2.05) is 141 Å². The SMILES string of the molecule is CCCN1CC=C(c2ccc3nc(-c4ccc(OC)c(OC)c4)cc(=O)n3c2)CC1.CNC1CC=C(c2ccc3nc(-c4ccc(OC)c(OC)c4)cc(=O)n3c2)CC1.COc1ccc(-c2cc(=O)n3cc(C4=CCN(C(C)C)CC4)ccc3n2)cc1OC.COc1ccc(-c2cc(=O)n3cc(C4=CCN(C5COC5)CC4)ccc3n2)cc1OC. The van der Waals surface area contributed by atoms with Gasteiger partial charge in [0, 0.05) is 123 Å². The molecule has 12 aromatic rings. The molecule has 25 heteroatoms. The fourth-order valence-electron chi connectivity index (χ4n) is 15.7. The van der Waals surface area contributed by atoms with E-state index < -0.39 is 0 Å². The van der Waals surface area contributed by atoms with Gasteiger partial charge in [-0.3, -0.25) is 51.5 Å². The summed E-state index contributed by atoms with van der Waals surface area (Å²) in [5.41, 5.74) is 17.2. The maximum Gasteiger partial charge on any atom is 0.258 e. The highest BCUT2D eigenvalue weighted by molar-refractivity contribution is 5.74. The summed E-state index contributed by atoms with van der Waals surface area (Å²) in [5.74, 6) is 4.97. The van der Waals surface area contributed by atoms with Crippen molar-refractivity contribution in [1.82, 2.24) is 57.6 Å². The molecule has 0 saturated carbocycles. The van der Waals surface area contributed by atoms with Crippen molar-refractivity contribution in [2.24, 2.45) is 0 Å². The van der Waals surface area contributed by atoms with Crippen LogP contribution in [-0.2, 0) is 4.74 Å². The van der Waals surface area contributed by atoms with Gasteiger partial charge in [-0.2, -0.15) is 0 Å². The zero-order chi connectivity index (χ0) is 84.1. The fourth-order valence-corrected chi connectivity index (χ4v) is 15.7. The van der Waals surface area contributed by atoms with Crippen LogP contribution in [0.1, 0.15) is 88.0 Å². The van der Waals surface area contributed by atoms with Gasteiger partial charge in [0.15, 0.2) is 46.0 Å². The van der Waals surface area contributed by atoms with Crippen LogP contribution in [0.15, 0.2) is 214 Å². The third-order valence-electron chi connectivity index (χ3n) is 22.8. The van der Waals surface area contributed by atoms with E-state index in [2.05, 4.69) is 82.2 Å². The summed E-state index contributed by atoms with van der Waals surface area (Å²) in [7, 11) is 14.7. The Hall–Kier alpha value is -12.5. The number of nitrogens with zero attached hydrogens (tertiary/aromatic N) is 11. The van der Waals surface area contributed by atoms with Crippen molar-refractivity contribution in [1.29, 1.82) is 0 Å². The van der Waals surface area contributed by atoms with Gasteiger partial charge in [-0.1, -0.05) is 31.2 Å². The maximum absolute atomic E-state index is 12.9. The molecule has 120 heavy (non-hydrogen) atoms. The minimum Gasteiger partial charge on any atom is -0.493 e. The Balaban J connectivity index is 0.000000131. The van der Waals surface area contributed by atoms with Gasteiger partial charge >= 0.3 is 0 Å². The first kappa shape index (κ1) is 84.0.